The monoisotopic (exact) mass is 406 g/mol. The van der Waals surface area contributed by atoms with Crippen molar-refractivity contribution in [2.75, 3.05) is 18.2 Å². The summed E-state index contributed by atoms with van der Waals surface area (Å²) < 4.78 is 44.1. The molecule has 2 aromatic rings. The fourth-order valence-electron chi connectivity index (χ4n) is 3.04. The first-order valence-corrected chi connectivity index (χ1v) is 10.3. The lowest BCUT2D eigenvalue weighted by atomic mass is 9.98. The van der Waals surface area contributed by atoms with E-state index in [0.717, 1.165) is 0 Å². The highest BCUT2D eigenvalue weighted by Crippen LogP contribution is 2.37. The molecule has 1 aromatic carbocycles. The Labute approximate surface area is 163 Å². The molecule has 1 aromatic heterocycles. The van der Waals surface area contributed by atoms with Gasteiger partial charge in [0.1, 0.15) is 39.2 Å². The smallest absolute Gasteiger partial charge is 0.165 e. The van der Waals surface area contributed by atoms with Gasteiger partial charge in [0.25, 0.3) is 0 Å². The molecule has 2 heterocycles. The molecule has 3 N–H and O–H groups in total. The lowest BCUT2D eigenvalue weighted by Gasteiger charge is -2.37. The quantitative estimate of drug-likeness (QED) is 0.809. The first-order chi connectivity index (χ1) is 13.0. The minimum atomic E-state index is -3.67. The first-order valence-electron chi connectivity index (χ1n) is 8.65. The second-order valence-electron chi connectivity index (χ2n) is 7.39. The molecule has 1 aliphatic rings. The SMILES string of the molecule is COc1ccccc1Nc1ccc(F)c(C2(C)CS(=O)(=O)C(C)(C)C(N)=N2)n1. The zero-order valence-corrected chi connectivity index (χ0v) is 17.0. The van der Waals surface area contributed by atoms with Gasteiger partial charge in [0, 0.05) is 0 Å². The van der Waals surface area contributed by atoms with Gasteiger partial charge in [0.15, 0.2) is 9.84 Å². The number of methoxy groups -OCH3 is 1. The van der Waals surface area contributed by atoms with Crippen molar-refractivity contribution in [2.45, 2.75) is 31.1 Å². The van der Waals surface area contributed by atoms with E-state index in [-0.39, 0.29) is 11.5 Å². The number of aliphatic imine (C=N–C) groups is 1. The number of sulfone groups is 1. The normalized spacial score (nSPS) is 23.0. The molecule has 150 valence electrons. The van der Waals surface area contributed by atoms with Crippen molar-refractivity contribution < 1.29 is 17.5 Å². The number of benzene rings is 1. The minimum Gasteiger partial charge on any atom is -0.495 e. The molecular formula is C19H23FN4O3S. The number of rotatable bonds is 4. The summed E-state index contributed by atoms with van der Waals surface area (Å²) in [5.74, 6) is -0.190. The fraction of sp³-hybridized carbons (Fsp3) is 0.368. The molecule has 0 bridgehead atoms. The Balaban J connectivity index is 2.06. The molecule has 0 saturated heterocycles. The number of nitrogens with two attached hydrogens (primary N) is 1. The van der Waals surface area contributed by atoms with Crippen LogP contribution in [0.5, 0.6) is 5.75 Å². The number of para-hydroxylation sites is 2. The lowest BCUT2D eigenvalue weighted by molar-refractivity contribution is 0.417. The zero-order chi connectivity index (χ0) is 20.7. The van der Waals surface area contributed by atoms with Crippen LogP contribution in [-0.4, -0.2) is 36.8 Å². The maximum absolute atomic E-state index is 14.6. The van der Waals surface area contributed by atoms with Crippen LogP contribution < -0.4 is 15.8 Å². The van der Waals surface area contributed by atoms with Crippen LogP contribution in [0.25, 0.3) is 0 Å². The summed E-state index contributed by atoms with van der Waals surface area (Å²) in [4.78, 5) is 8.65. The third-order valence-corrected chi connectivity index (χ3v) is 7.66. The van der Waals surface area contributed by atoms with Gasteiger partial charge in [-0.25, -0.2) is 17.8 Å². The fourth-order valence-corrected chi connectivity index (χ4v) is 4.71. The van der Waals surface area contributed by atoms with Crippen LogP contribution in [0.15, 0.2) is 41.4 Å². The second-order valence-corrected chi connectivity index (χ2v) is 9.93. The maximum Gasteiger partial charge on any atom is 0.165 e. The van der Waals surface area contributed by atoms with Crippen molar-refractivity contribution >= 4 is 27.2 Å². The van der Waals surface area contributed by atoms with Crippen LogP contribution in [0.2, 0.25) is 0 Å². The van der Waals surface area contributed by atoms with E-state index in [1.54, 1.807) is 12.1 Å². The van der Waals surface area contributed by atoms with Crippen molar-refractivity contribution in [3.63, 3.8) is 0 Å². The summed E-state index contributed by atoms with van der Waals surface area (Å²) in [6.07, 6.45) is 0. The topological polar surface area (TPSA) is 107 Å². The minimum absolute atomic E-state index is 0.0643. The third kappa shape index (κ3) is 3.30. The van der Waals surface area contributed by atoms with Crippen molar-refractivity contribution in [1.82, 2.24) is 4.98 Å². The molecule has 0 spiro atoms. The van der Waals surface area contributed by atoms with Gasteiger partial charge in [-0.1, -0.05) is 12.1 Å². The van der Waals surface area contributed by atoms with Crippen molar-refractivity contribution in [2.24, 2.45) is 10.7 Å². The zero-order valence-electron chi connectivity index (χ0n) is 16.2. The maximum atomic E-state index is 14.6. The predicted molar refractivity (Wildman–Crippen MR) is 107 cm³/mol. The summed E-state index contributed by atoms with van der Waals surface area (Å²) in [6.45, 7) is 4.50. The van der Waals surface area contributed by atoms with Gasteiger partial charge in [0.05, 0.1) is 18.6 Å². The van der Waals surface area contributed by atoms with Gasteiger partial charge in [-0.2, -0.15) is 0 Å². The number of amidine groups is 1. The number of anilines is 2. The van der Waals surface area contributed by atoms with E-state index in [2.05, 4.69) is 15.3 Å². The molecule has 1 aliphatic heterocycles. The summed E-state index contributed by atoms with van der Waals surface area (Å²) in [5, 5.41) is 3.06. The number of hydrogen-bond acceptors (Lipinski definition) is 7. The third-order valence-electron chi connectivity index (χ3n) is 4.96. The number of halogens is 1. The number of aromatic nitrogens is 1. The molecule has 3 rings (SSSR count). The molecule has 0 aliphatic carbocycles. The van der Waals surface area contributed by atoms with E-state index < -0.39 is 31.7 Å². The number of ether oxygens (including phenoxy) is 1. The van der Waals surface area contributed by atoms with E-state index in [4.69, 9.17) is 10.5 Å². The summed E-state index contributed by atoms with van der Waals surface area (Å²) >= 11 is 0. The Morgan fingerprint density at radius 3 is 2.50 bits per heavy atom. The van der Waals surface area contributed by atoms with Gasteiger partial charge >= 0.3 is 0 Å². The molecule has 9 heteroatoms. The average Bonchev–Trinajstić information content (AvgIpc) is 2.62. The van der Waals surface area contributed by atoms with Crippen LogP contribution in [0.4, 0.5) is 15.9 Å². The van der Waals surface area contributed by atoms with Crippen molar-refractivity contribution in [1.29, 1.82) is 0 Å². The molecule has 0 radical (unpaired) electrons. The van der Waals surface area contributed by atoms with Crippen molar-refractivity contribution in [3.05, 3.63) is 47.9 Å². The first kappa shape index (κ1) is 20.1. The Kier molecular flexibility index (Phi) is 4.82. The average molecular weight is 406 g/mol. The van der Waals surface area contributed by atoms with E-state index >= 15 is 0 Å². The van der Waals surface area contributed by atoms with Crippen LogP contribution in [0, 0.1) is 5.82 Å². The Morgan fingerprint density at radius 2 is 1.86 bits per heavy atom. The van der Waals surface area contributed by atoms with E-state index in [1.165, 1.54) is 40.0 Å². The molecule has 0 amide bonds. The van der Waals surface area contributed by atoms with Gasteiger partial charge < -0.3 is 15.8 Å². The molecule has 0 saturated carbocycles. The van der Waals surface area contributed by atoms with E-state index in [1.807, 2.05) is 12.1 Å². The summed E-state index contributed by atoms with van der Waals surface area (Å²) in [5.41, 5.74) is 5.06. The molecule has 28 heavy (non-hydrogen) atoms. The van der Waals surface area contributed by atoms with E-state index in [0.29, 0.717) is 17.3 Å². The molecule has 0 fully saturated rings. The summed E-state index contributed by atoms with van der Waals surface area (Å²) in [6, 6.07) is 9.88. The number of pyridine rings is 1. The number of nitrogens with zero attached hydrogens (tertiary/aromatic N) is 2. The highest BCUT2D eigenvalue weighted by atomic mass is 32.2. The van der Waals surface area contributed by atoms with Gasteiger partial charge in [-0.05, 0) is 45.0 Å². The summed E-state index contributed by atoms with van der Waals surface area (Å²) in [7, 11) is -2.13. The molecular weight excluding hydrogens is 383 g/mol. The van der Waals surface area contributed by atoms with Gasteiger partial charge in [-0.15, -0.1) is 0 Å². The van der Waals surface area contributed by atoms with Crippen LogP contribution in [0.3, 0.4) is 0 Å². The van der Waals surface area contributed by atoms with Gasteiger partial charge in [0.2, 0.25) is 0 Å². The second kappa shape index (κ2) is 6.73. The standard InChI is InChI=1S/C19H23FN4O3S/c1-18(2)17(21)24-19(3,11-28(18,25)26)16-12(20)9-10-15(23-16)22-13-7-5-6-8-14(13)27-4/h5-10H,11H2,1-4H3,(H2,21,24)(H,22,23). The Morgan fingerprint density at radius 1 is 1.18 bits per heavy atom. The highest BCUT2D eigenvalue weighted by Gasteiger charge is 2.50. The van der Waals surface area contributed by atoms with Crippen LogP contribution in [0.1, 0.15) is 26.5 Å². The predicted octanol–water partition coefficient (Wildman–Crippen LogP) is 2.75. The Bertz CT molecular complexity index is 1050. The lowest BCUT2D eigenvalue weighted by Crippen LogP contribution is -2.55. The van der Waals surface area contributed by atoms with Crippen molar-refractivity contribution in [3.8, 4) is 5.75 Å². The van der Waals surface area contributed by atoms with E-state index in [9.17, 15) is 12.8 Å². The number of nitrogens with one attached hydrogen (secondary N) is 1. The molecule has 1 atom stereocenters. The molecule has 7 nitrogen and oxygen atoms in total. The largest absolute Gasteiger partial charge is 0.495 e. The highest BCUT2D eigenvalue weighted by molar-refractivity contribution is 7.93. The Hall–Kier alpha value is -2.68. The number of hydrogen-bond donors (Lipinski definition) is 2. The van der Waals surface area contributed by atoms with Gasteiger partial charge in [-0.3, -0.25) is 4.99 Å². The van der Waals surface area contributed by atoms with Crippen LogP contribution >= 0.6 is 0 Å². The van der Waals surface area contributed by atoms with Crippen LogP contribution in [-0.2, 0) is 15.4 Å². The molecule has 1 unspecified atom stereocenters.